The average molecular weight is 494 g/mol. The maximum absolute atomic E-state index is 12.6. The van der Waals surface area contributed by atoms with Gasteiger partial charge in [0.2, 0.25) is 0 Å². The van der Waals surface area contributed by atoms with Crippen molar-refractivity contribution in [3.8, 4) is 5.75 Å². The van der Waals surface area contributed by atoms with Gasteiger partial charge < -0.3 is 15.0 Å². The molecule has 0 aliphatic carbocycles. The van der Waals surface area contributed by atoms with E-state index in [-0.39, 0.29) is 5.91 Å². The van der Waals surface area contributed by atoms with Crippen molar-refractivity contribution in [2.75, 3.05) is 43.0 Å². The summed E-state index contributed by atoms with van der Waals surface area (Å²) in [7, 11) is 0. The van der Waals surface area contributed by atoms with E-state index in [0.717, 1.165) is 48.6 Å². The molecule has 6 heteroatoms. The number of hydrogen-bond donors (Lipinski definition) is 1. The highest BCUT2D eigenvalue weighted by Crippen LogP contribution is 2.27. The highest BCUT2D eigenvalue weighted by atomic mass is 79.9. The predicted molar refractivity (Wildman–Crippen MR) is 134 cm³/mol. The molecule has 0 aromatic heterocycles. The fourth-order valence-electron chi connectivity index (χ4n) is 3.88. The van der Waals surface area contributed by atoms with Crippen LogP contribution in [0.2, 0.25) is 0 Å². The van der Waals surface area contributed by atoms with Crippen LogP contribution in [-0.4, -0.2) is 43.6 Å². The molecule has 1 saturated heterocycles. The van der Waals surface area contributed by atoms with Crippen molar-refractivity contribution >= 4 is 33.2 Å². The van der Waals surface area contributed by atoms with Gasteiger partial charge in [0.05, 0.1) is 11.1 Å². The quantitative estimate of drug-likeness (QED) is 0.477. The topological polar surface area (TPSA) is 44.8 Å². The Morgan fingerprint density at radius 3 is 2.34 bits per heavy atom. The molecule has 3 aromatic carbocycles. The van der Waals surface area contributed by atoms with Crippen molar-refractivity contribution in [2.24, 2.45) is 0 Å². The Labute approximate surface area is 198 Å². The Kier molecular flexibility index (Phi) is 7.45. The standard InChI is InChI=1S/C26H28BrN3O2/c1-2-32-25-13-8-21(18-24(25)27)26(31)28-22-9-11-23(12-10-22)30-16-14-29(15-17-30)19-20-6-4-3-5-7-20/h3-13,18H,2,14-17,19H2,1H3,(H,28,31). The summed E-state index contributed by atoms with van der Waals surface area (Å²) in [6.07, 6.45) is 0. The largest absolute Gasteiger partial charge is 0.493 e. The second-order valence-corrected chi connectivity index (χ2v) is 8.68. The van der Waals surface area contributed by atoms with Gasteiger partial charge in [-0.3, -0.25) is 9.69 Å². The first-order valence-electron chi connectivity index (χ1n) is 11.0. The SMILES string of the molecule is CCOc1ccc(C(=O)Nc2ccc(N3CCN(Cc4ccccc4)CC3)cc2)cc1Br. The van der Waals surface area contributed by atoms with Gasteiger partial charge in [0.15, 0.2) is 0 Å². The molecular weight excluding hydrogens is 466 g/mol. The van der Waals surface area contributed by atoms with Gasteiger partial charge in [0, 0.05) is 49.7 Å². The smallest absolute Gasteiger partial charge is 0.255 e. The fourth-order valence-corrected chi connectivity index (χ4v) is 4.37. The third kappa shape index (κ3) is 5.69. The Balaban J connectivity index is 1.30. The van der Waals surface area contributed by atoms with E-state index in [1.54, 1.807) is 12.1 Å². The van der Waals surface area contributed by atoms with E-state index in [1.165, 1.54) is 11.3 Å². The van der Waals surface area contributed by atoms with Gasteiger partial charge in [-0.2, -0.15) is 0 Å². The molecule has 1 amide bonds. The molecule has 0 atom stereocenters. The lowest BCUT2D eigenvalue weighted by atomic mass is 10.1. The second kappa shape index (κ2) is 10.7. The molecule has 0 radical (unpaired) electrons. The van der Waals surface area contributed by atoms with Gasteiger partial charge in [0.25, 0.3) is 5.91 Å². The van der Waals surface area contributed by atoms with Crippen LogP contribution >= 0.6 is 15.9 Å². The molecule has 32 heavy (non-hydrogen) atoms. The fraction of sp³-hybridized carbons (Fsp3) is 0.269. The van der Waals surface area contributed by atoms with Crippen LogP contribution in [0.5, 0.6) is 5.75 Å². The molecule has 3 aromatic rings. The minimum Gasteiger partial charge on any atom is -0.493 e. The van der Waals surface area contributed by atoms with Crippen LogP contribution in [0.3, 0.4) is 0 Å². The molecule has 166 valence electrons. The number of carbonyl (C=O) groups is 1. The molecule has 0 saturated carbocycles. The van der Waals surface area contributed by atoms with Crippen LogP contribution in [-0.2, 0) is 6.54 Å². The minimum atomic E-state index is -0.143. The van der Waals surface area contributed by atoms with E-state index >= 15 is 0 Å². The first-order chi connectivity index (χ1) is 15.6. The van der Waals surface area contributed by atoms with Crippen LogP contribution in [0, 0.1) is 0 Å². The molecule has 0 bridgehead atoms. The van der Waals surface area contributed by atoms with E-state index in [1.807, 2.05) is 25.1 Å². The summed E-state index contributed by atoms with van der Waals surface area (Å²) >= 11 is 3.46. The molecule has 5 nitrogen and oxygen atoms in total. The number of benzene rings is 3. The first-order valence-corrected chi connectivity index (χ1v) is 11.8. The van der Waals surface area contributed by atoms with E-state index in [4.69, 9.17) is 4.74 Å². The zero-order chi connectivity index (χ0) is 22.3. The summed E-state index contributed by atoms with van der Waals surface area (Å²) < 4.78 is 6.28. The summed E-state index contributed by atoms with van der Waals surface area (Å²) in [5.41, 5.74) is 3.91. The Hall–Kier alpha value is -2.83. The number of nitrogens with one attached hydrogen (secondary N) is 1. The average Bonchev–Trinajstić information content (AvgIpc) is 2.82. The van der Waals surface area contributed by atoms with Crippen molar-refractivity contribution in [1.82, 2.24) is 4.90 Å². The molecular formula is C26H28BrN3O2. The first kappa shape index (κ1) is 22.4. The molecule has 1 N–H and O–H groups in total. The summed E-state index contributed by atoms with van der Waals surface area (Å²) in [4.78, 5) is 17.5. The van der Waals surface area contributed by atoms with Gasteiger partial charge in [-0.05, 0) is 70.9 Å². The number of rotatable bonds is 7. The summed E-state index contributed by atoms with van der Waals surface area (Å²) in [6.45, 7) is 7.60. The number of anilines is 2. The monoisotopic (exact) mass is 493 g/mol. The number of nitrogens with zero attached hydrogens (tertiary/aromatic N) is 2. The van der Waals surface area contributed by atoms with Gasteiger partial charge in [-0.25, -0.2) is 0 Å². The molecule has 1 heterocycles. The van der Waals surface area contributed by atoms with Gasteiger partial charge in [0.1, 0.15) is 5.75 Å². The predicted octanol–water partition coefficient (Wildman–Crippen LogP) is 5.42. The molecule has 0 spiro atoms. The van der Waals surface area contributed by atoms with Gasteiger partial charge in [-0.1, -0.05) is 30.3 Å². The van der Waals surface area contributed by atoms with Crippen LogP contribution in [0.1, 0.15) is 22.8 Å². The van der Waals surface area contributed by atoms with E-state index in [2.05, 4.69) is 73.5 Å². The molecule has 1 aliphatic rings. The van der Waals surface area contributed by atoms with Crippen molar-refractivity contribution in [2.45, 2.75) is 13.5 Å². The molecule has 0 unspecified atom stereocenters. The van der Waals surface area contributed by atoms with Crippen LogP contribution < -0.4 is 15.0 Å². The Morgan fingerprint density at radius 2 is 1.69 bits per heavy atom. The van der Waals surface area contributed by atoms with Crippen LogP contribution in [0.4, 0.5) is 11.4 Å². The minimum absolute atomic E-state index is 0.143. The molecule has 1 aliphatic heterocycles. The summed E-state index contributed by atoms with van der Waals surface area (Å²) in [6, 6.07) is 24.1. The Morgan fingerprint density at radius 1 is 0.969 bits per heavy atom. The summed E-state index contributed by atoms with van der Waals surface area (Å²) in [5, 5.41) is 2.97. The van der Waals surface area contributed by atoms with Gasteiger partial charge in [-0.15, -0.1) is 0 Å². The number of halogens is 1. The number of hydrogen-bond acceptors (Lipinski definition) is 4. The van der Waals surface area contributed by atoms with Crippen LogP contribution in [0.25, 0.3) is 0 Å². The zero-order valence-electron chi connectivity index (χ0n) is 18.3. The maximum atomic E-state index is 12.6. The summed E-state index contributed by atoms with van der Waals surface area (Å²) in [5.74, 6) is 0.591. The third-order valence-corrected chi connectivity index (χ3v) is 6.23. The van der Waals surface area contributed by atoms with Gasteiger partial charge >= 0.3 is 0 Å². The highest BCUT2D eigenvalue weighted by molar-refractivity contribution is 9.10. The van der Waals surface area contributed by atoms with Crippen molar-refractivity contribution in [3.05, 3.63) is 88.4 Å². The van der Waals surface area contributed by atoms with Crippen LogP contribution in [0.15, 0.2) is 77.3 Å². The van der Waals surface area contributed by atoms with Crippen molar-refractivity contribution in [3.63, 3.8) is 0 Å². The molecule has 4 rings (SSSR count). The number of amides is 1. The van der Waals surface area contributed by atoms with E-state index in [0.29, 0.717) is 12.2 Å². The number of ether oxygens (including phenoxy) is 1. The molecule has 1 fully saturated rings. The van der Waals surface area contributed by atoms with Crippen molar-refractivity contribution in [1.29, 1.82) is 0 Å². The highest BCUT2D eigenvalue weighted by Gasteiger charge is 2.17. The maximum Gasteiger partial charge on any atom is 0.255 e. The second-order valence-electron chi connectivity index (χ2n) is 7.83. The normalized spacial score (nSPS) is 14.2. The number of piperazine rings is 1. The zero-order valence-corrected chi connectivity index (χ0v) is 19.8. The lowest BCUT2D eigenvalue weighted by molar-refractivity contribution is 0.102. The third-order valence-electron chi connectivity index (χ3n) is 5.61. The van der Waals surface area contributed by atoms with E-state index in [9.17, 15) is 4.79 Å². The Bertz CT molecular complexity index is 1030. The lowest BCUT2D eigenvalue weighted by Gasteiger charge is -2.36. The lowest BCUT2D eigenvalue weighted by Crippen LogP contribution is -2.45. The number of carbonyl (C=O) groups excluding carboxylic acids is 1. The van der Waals surface area contributed by atoms with E-state index < -0.39 is 0 Å². The van der Waals surface area contributed by atoms with Crippen molar-refractivity contribution < 1.29 is 9.53 Å².